The molecule has 0 saturated carbocycles. The lowest BCUT2D eigenvalue weighted by Gasteiger charge is -2.22. The van der Waals surface area contributed by atoms with E-state index in [1.165, 1.54) is 243 Å². The first-order chi connectivity index (χ1) is 35.3. The molecule has 10 heterocycles. The van der Waals surface area contributed by atoms with E-state index in [-0.39, 0.29) is 5.91 Å². The summed E-state index contributed by atoms with van der Waals surface area (Å²) < 4.78 is 0. The maximum Gasteiger partial charge on any atom is 0.221 e. The zero-order valence-electron chi connectivity index (χ0n) is 45.3. The molecule has 12 rings (SSSR count). The van der Waals surface area contributed by atoms with Crippen LogP contribution in [-0.4, -0.2) is 143 Å². The molecular formula is C58H110N12O. The number of carbonyl (C=O) groups is 1. The van der Waals surface area contributed by atoms with Crippen LogP contribution in [0.15, 0.2) is 54.6 Å². The number of fused-ring (bicyclic) bond motifs is 1. The van der Waals surface area contributed by atoms with Crippen molar-refractivity contribution >= 4 is 5.91 Å². The third kappa shape index (κ3) is 39.6. The van der Waals surface area contributed by atoms with Gasteiger partial charge in [0, 0.05) is 52.4 Å². The van der Waals surface area contributed by atoms with Crippen LogP contribution in [0.3, 0.4) is 0 Å². The van der Waals surface area contributed by atoms with E-state index in [1.54, 1.807) is 0 Å². The van der Waals surface area contributed by atoms with Crippen molar-refractivity contribution < 1.29 is 4.79 Å². The van der Waals surface area contributed by atoms with E-state index in [0.29, 0.717) is 6.42 Å². The van der Waals surface area contributed by atoms with E-state index < -0.39 is 0 Å². The number of carbonyl (C=O) groups excluding carboxylic acids is 1. The van der Waals surface area contributed by atoms with Gasteiger partial charge in [-0.15, -0.1) is 0 Å². The van der Waals surface area contributed by atoms with Crippen molar-refractivity contribution in [2.75, 3.05) is 138 Å². The highest BCUT2D eigenvalue weighted by atomic mass is 16.1. The van der Waals surface area contributed by atoms with Gasteiger partial charge in [-0.3, -0.25) is 4.79 Å². The average molecular weight is 992 g/mol. The average Bonchev–Trinajstić information content (AvgIpc) is 4.17. The van der Waals surface area contributed by atoms with Crippen LogP contribution in [0.2, 0.25) is 0 Å². The Bertz CT molecular complexity index is 1220. The van der Waals surface area contributed by atoms with Gasteiger partial charge >= 0.3 is 0 Å². The third-order valence-corrected chi connectivity index (χ3v) is 13.7. The van der Waals surface area contributed by atoms with Crippen molar-refractivity contribution in [3.63, 3.8) is 0 Å². The zero-order valence-corrected chi connectivity index (χ0v) is 45.3. The Kier molecular flexibility index (Phi) is 43.9. The van der Waals surface area contributed by atoms with Crippen LogP contribution in [0.25, 0.3) is 0 Å². The standard InChI is InChI=1S/C11H15N.C9H11N.C6H13N.C5H10N2O.4C5H11N.C4H9N.C3H8N2/c1-2-4-10(5-3-1)11-6-8-12-9-7-11;1-2-4-9-7-10-6-5-8(9)3-1;1-2-4-6-7-5-3-1;8-5-1-2-6-3-4-7-5;4*1-2-4-6-5-3-1;1-2-4-5-3-1;1-2-5-3-4-1/h1-5,11-12H,6-9H2;1-4,10H,5-7H2;7H,1-6H2;6H,1-4H2,(H,7,8);4*6H,1-5H2;5H,1-4H2;4-5H,1-3H2. The largest absolute Gasteiger partial charge is 0.355 e. The molecular weight excluding hydrogens is 881 g/mol. The summed E-state index contributed by atoms with van der Waals surface area (Å²) in [6.07, 6.45) is 29.7. The summed E-state index contributed by atoms with van der Waals surface area (Å²) >= 11 is 0. The summed E-state index contributed by atoms with van der Waals surface area (Å²) in [5.41, 5.74) is 4.49. The summed E-state index contributed by atoms with van der Waals surface area (Å²) in [4.78, 5) is 10.5. The lowest BCUT2D eigenvalue weighted by atomic mass is 9.90. The molecule has 0 aromatic heterocycles. The molecule has 0 aliphatic carbocycles. The zero-order chi connectivity index (χ0) is 49.8. The first-order valence-corrected chi connectivity index (χ1v) is 29.5. The van der Waals surface area contributed by atoms with E-state index in [2.05, 4.69) is 118 Å². The second kappa shape index (κ2) is 49.7. The molecule has 0 radical (unpaired) electrons. The predicted molar refractivity (Wildman–Crippen MR) is 305 cm³/mol. The SMILES string of the molecule is C1CCCNCC1.C1CCNC1.C1CCNCC1.C1CCNCC1.C1CCNCC1.C1CCNCC1.C1CNCN1.O=C1CCNCCN1.c1ccc(C2CCNCC2)cc1.c1ccc2c(c1)CCNC2. The van der Waals surface area contributed by atoms with Crippen molar-refractivity contribution in [2.24, 2.45) is 0 Å². The molecule has 2 aromatic rings. The summed E-state index contributed by atoms with van der Waals surface area (Å²) in [5, 5.41) is 38.5. The van der Waals surface area contributed by atoms with E-state index in [0.717, 1.165) is 58.4 Å². The van der Waals surface area contributed by atoms with Gasteiger partial charge in [-0.1, -0.05) is 93.1 Å². The fraction of sp³-hybridized carbons (Fsp3) is 0.776. The molecule has 0 bridgehead atoms. The quantitative estimate of drug-likeness (QED) is 0.156. The molecule has 9 saturated heterocycles. The maximum absolute atomic E-state index is 10.5. The number of benzene rings is 2. The first-order valence-electron chi connectivity index (χ1n) is 29.5. The lowest BCUT2D eigenvalue weighted by Crippen LogP contribution is -2.26. The van der Waals surface area contributed by atoms with Crippen LogP contribution in [-0.2, 0) is 17.8 Å². The van der Waals surface area contributed by atoms with E-state index in [9.17, 15) is 4.79 Å². The maximum atomic E-state index is 10.5. The summed E-state index contributed by atoms with van der Waals surface area (Å²) in [5.74, 6) is 0.961. The summed E-state index contributed by atoms with van der Waals surface area (Å²) in [6.45, 7) is 25.3. The molecule has 10 aliphatic heterocycles. The van der Waals surface area contributed by atoms with Gasteiger partial charge in [0.2, 0.25) is 5.91 Å². The van der Waals surface area contributed by atoms with E-state index in [4.69, 9.17) is 0 Å². The van der Waals surface area contributed by atoms with Gasteiger partial charge in [0.1, 0.15) is 0 Å². The predicted octanol–water partition coefficient (Wildman–Crippen LogP) is 6.28. The molecule has 9 fully saturated rings. The van der Waals surface area contributed by atoms with Crippen LogP contribution in [0.4, 0.5) is 0 Å². The van der Waals surface area contributed by atoms with Crippen molar-refractivity contribution in [2.45, 2.75) is 154 Å². The van der Waals surface area contributed by atoms with Crippen LogP contribution in [0, 0.1) is 0 Å². The third-order valence-electron chi connectivity index (χ3n) is 13.7. The normalized spacial score (nSPS) is 21.9. The Morgan fingerprint density at radius 1 is 0.296 bits per heavy atom. The molecule has 0 unspecified atom stereocenters. The molecule has 408 valence electrons. The number of rotatable bonds is 1. The molecule has 13 nitrogen and oxygen atoms in total. The van der Waals surface area contributed by atoms with Gasteiger partial charge in [-0.2, -0.15) is 0 Å². The number of hydrogen-bond donors (Lipinski definition) is 12. The number of nitrogens with one attached hydrogen (secondary N) is 12. The van der Waals surface area contributed by atoms with E-state index in [1.807, 2.05) is 0 Å². The fourth-order valence-corrected chi connectivity index (χ4v) is 9.26. The summed E-state index contributed by atoms with van der Waals surface area (Å²) in [6, 6.07) is 19.5. The van der Waals surface area contributed by atoms with Crippen LogP contribution in [0.5, 0.6) is 0 Å². The van der Waals surface area contributed by atoms with Crippen molar-refractivity contribution in [1.82, 2.24) is 63.8 Å². The first kappa shape index (κ1) is 62.8. The number of amides is 1. The Hall–Kier alpha value is -2.53. The minimum Gasteiger partial charge on any atom is -0.355 e. The highest BCUT2D eigenvalue weighted by Crippen LogP contribution is 2.24. The number of hydrogen-bond acceptors (Lipinski definition) is 12. The second-order valence-corrected chi connectivity index (χ2v) is 20.0. The molecule has 2 aromatic carbocycles. The van der Waals surface area contributed by atoms with Gasteiger partial charge < -0.3 is 63.8 Å². The smallest absolute Gasteiger partial charge is 0.221 e. The highest BCUT2D eigenvalue weighted by molar-refractivity contribution is 5.76. The highest BCUT2D eigenvalue weighted by Gasteiger charge is 2.14. The van der Waals surface area contributed by atoms with Gasteiger partial charge in [-0.05, 0) is 217 Å². The summed E-state index contributed by atoms with van der Waals surface area (Å²) in [7, 11) is 0. The van der Waals surface area contributed by atoms with Gasteiger partial charge in [0.25, 0.3) is 0 Å². The minimum absolute atomic E-state index is 0.162. The van der Waals surface area contributed by atoms with Crippen molar-refractivity contribution in [3.8, 4) is 0 Å². The van der Waals surface area contributed by atoms with E-state index >= 15 is 0 Å². The number of piperidine rings is 5. The molecule has 0 atom stereocenters. The Morgan fingerprint density at radius 2 is 0.648 bits per heavy atom. The Labute approximate surface area is 435 Å². The van der Waals surface area contributed by atoms with Crippen LogP contribution >= 0.6 is 0 Å². The molecule has 1 amide bonds. The molecule has 71 heavy (non-hydrogen) atoms. The Balaban J connectivity index is 0.000000211. The minimum atomic E-state index is 0.162. The van der Waals surface area contributed by atoms with Gasteiger partial charge in [-0.25, -0.2) is 0 Å². The van der Waals surface area contributed by atoms with Gasteiger partial charge in [0.05, 0.1) is 0 Å². The molecule has 0 spiro atoms. The van der Waals surface area contributed by atoms with Crippen molar-refractivity contribution in [3.05, 3.63) is 71.3 Å². The lowest BCUT2D eigenvalue weighted by molar-refractivity contribution is -0.120. The van der Waals surface area contributed by atoms with Gasteiger partial charge in [0.15, 0.2) is 0 Å². The molecule has 12 N–H and O–H groups in total. The van der Waals surface area contributed by atoms with Crippen LogP contribution < -0.4 is 63.8 Å². The Morgan fingerprint density at radius 3 is 1.06 bits per heavy atom. The van der Waals surface area contributed by atoms with Crippen LogP contribution in [0.1, 0.15) is 157 Å². The molecule has 13 heteroatoms. The second-order valence-electron chi connectivity index (χ2n) is 20.0. The topological polar surface area (TPSA) is 161 Å². The molecule has 10 aliphatic rings. The van der Waals surface area contributed by atoms with Crippen molar-refractivity contribution in [1.29, 1.82) is 0 Å². The fourth-order valence-electron chi connectivity index (χ4n) is 9.26. The monoisotopic (exact) mass is 991 g/mol.